The summed E-state index contributed by atoms with van der Waals surface area (Å²) in [6.07, 6.45) is -0.00463. The highest BCUT2D eigenvalue weighted by Gasteiger charge is 2.29. The summed E-state index contributed by atoms with van der Waals surface area (Å²) in [5, 5.41) is 30.5. The molecule has 1 unspecified atom stereocenters. The van der Waals surface area contributed by atoms with Crippen molar-refractivity contribution in [2.75, 3.05) is 17.3 Å². The maximum Gasteiger partial charge on any atom is 0.327 e. The lowest BCUT2D eigenvalue weighted by Gasteiger charge is -2.19. The van der Waals surface area contributed by atoms with Gasteiger partial charge in [0.25, 0.3) is 0 Å². The van der Waals surface area contributed by atoms with Crippen LogP contribution in [-0.4, -0.2) is 94.4 Å². The van der Waals surface area contributed by atoms with Crippen molar-refractivity contribution >= 4 is 111 Å². The number of nitrogens with one attached hydrogen (secondary N) is 2. The van der Waals surface area contributed by atoms with Crippen molar-refractivity contribution in [1.29, 1.82) is 0 Å². The lowest BCUT2D eigenvalue weighted by atomic mass is 9.97. The molecule has 0 aromatic heterocycles. The first kappa shape index (κ1) is 42.6. The number of hydrogen-bond acceptors (Lipinski definition) is 12. The number of Topliss-reactive ketones (excluding diaryl/α,β-unsaturated/α-hetero) is 1. The highest BCUT2D eigenvalue weighted by molar-refractivity contribution is 7.83. The Balaban J connectivity index is -0.000000498. The van der Waals surface area contributed by atoms with E-state index in [1.165, 1.54) is 0 Å². The standard InChI is InChI=1S/C8H14O3S2.2C7H13NO3S2/c1-8(2,13)6(9)3-5(4-12)7(10)11;2*1-7(2,13)6(11)8-4(3-12)5(9)10/h5,12-13H,3-4H2,1-2H3,(H,10,11);2*4,12-13H,3H2,1-2H3,(H,8,11)(H,9,10)/t;2*4-/m.10/s1. The fourth-order valence-corrected chi connectivity index (χ4v) is 2.74. The van der Waals surface area contributed by atoms with Crippen LogP contribution in [0.25, 0.3) is 0 Å². The molecule has 0 heterocycles. The van der Waals surface area contributed by atoms with Gasteiger partial charge in [-0.25, -0.2) is 9.59 Å². The Bertz CT molecular complexity index is 743. The van der Waals surface area contributed by atoms with Gasteiger partial charge in [0.1, 0.15) is 17.9 Å². The van der Waals surface area contributed by atoms with Crippen LogP contribution in [0.4, 0.5) is 0 Å². The van der Waals surface area contributed by atoms with Crippen molar-refractivity contribution in [3.05, 3.63) is 0 Å². The average molecular weight is 669 g/mol. The molecule has 2 amide bonds. The largest absolute Gasteiger partial charge is 0.481 e. The molecule has 0 spiro atoms. The molecule has 0 aromatic carbocycles. The highest BCUT2D eigenvalue weighted by Crippen LogP contribution is 2.19. The Morgan fingerprint density at radius 2 is 0.897 bits per heavy atom. The maximum absolute atomic E-state index is 11.4. The molecule has 0 saturated heterocycles. The first-order valence-electron chi connectivity index (χ1n) is 11.2. The summed E-state index contributed by atoms with van der Waals surface area (Å²) >= 11 is 23.5. The number of carbonyl (C=O) groups is 6. The summed E-state index contributed by atoms with van der Waals surface area (Å²) in [4.78, 5) is 65.4. The fourth-order valence-electron chi connectivity index (χ4n) is 1.74. The van der Waals surface area contributed by atoms with Crippen molar-refractivity contribution in [3.8, 4) is 0 Å². The van der Waals surface area contributed by atoms with Crippen molar-refractivity contribution < 1.29 is 44.1 Å². The zero-order chi connectivity index (χ0) is 31.9. The van der Waals surface area contributed by atoms with E-state index in [0.717, 1.165) is 0 Å². The normalized spacial score (nSPS) is 13.6. The number of thiol groups is 6. The number of carboxylic acids is 3. The van der Waals surface area contributed by atoms with Crippen LogP contribution in [0.1, 0.15) is 48.0 Å². The third-order valence-corrected chi connectivity index (χ3v) is 6.19. The van der Waals surface area contributed by atoms with Crippen molar-refractivity contribution in [3.63, 3.8) is 0 Å². The molecule has 0 radical (unpaired) electrons. The number of carbonyl (C=O) groups excluding carboxylic acids is 3. The molecule has 3 atom stereocenters. The predicted octanol–water partition coefficient (Wildman–Crippen LogP) is 1.67. The summed E-state index contributed by atoms with van der Waals surface area (Å²) in [6.45, 7) is 9.64. The van der Waals surface area contributed by atoms with Crippen LogP contribution in [0.3, 0.4) is 0 Å². The number of hydrogen-bond donors (Lipinski definition) is 11. The van der Waals surface area contributed by atoms with E-state index >= 15 is 0 Å². The molecule has 0 rings (SSSR count). The monoisotopic (exact) mass is 668 g/mol. The van der Waals surface area contributed by atoms with E-state index in [9.17, 15) is 28.8 Å². The minimum absolute atomic E-state index is 0.00463. The van der Waals surface area contributed by atoms with Crippen molar-refractivity contribution in [2.45, 2.75) is 74.3 Å². The second kappa shape index (κ2) is 19.3. The van der Waals surface area contributed by atoms with E-state index in [1.807, 2.05) is 0 Å². The summed E-state index contributed by atoms with van der Waals surface area (Å²) in [7, 11) is 0. The lowest BCUT2D eigenvalue weighted by molar-refractivity contribution is -0.143. The van der Waals surface area contributed by atoms with Gasteiger partial charge in [0, 0.05) is 23.7 Å². The van der Waals surface area contributed by atoms with Gasteiger partial charge in [-0.15, -0.1) is 0 Å². The van der Waals surface area contributed by atoms with Gasteiger partial charge in [-0.2, -0.15) is 75.8 Å². The third kappa shape index (κ3) is 20.6. The van der Waals surface area contributed by atoms with Gasteiger partial charge in [0.05, 0.1) is 20.2 Å². The van der Waals surface area contributed by atoms with Gasteiger partial charge in [0.15, 0.2) is 0 Å². The summed E-state index contributed by atoms with van der Waals surface area (Å²) in [5.74, 6) is -4.60. The van der Waals surface area contributed by atoms with E-state index in [1.54, 1.807) is 41.5 Å². The Morgan fingerprint density at radius 3 is 1.05 bits per heavy atom. The smallest absolute Gasteiger partial charge is 0.327 e. The number of amides is 2. The van der Waals surface area contributed by atoms with Crippen molar-refractivity contribution in [2.24, 2.45) is 5.92 Å². The second-order valence-electron chi connectivity index (χ2n) is 9.62. The Kier molecular flexibility index (Phi) is 21.1. The number of aliphatic carboxylic acids is 3. The van der Waals surface area contributed by atoms with Gasteiger partial charge in [-0.1, -0.05) is 0 Å². The van der Waals surface area contributed by atoms with E-state index in [4.69, 9.17) is 15.3 Å². The molecule has 228 valence electrons. The topological polar surface area (TPSA) is 187 Å². The molecule has 11 nitrogen and oxygen atoms in total. The van der Waals surface area contributed by atoms with Crippen LogP contribution >= 0.6 is 75.8 Å². The predicted molar refractivity (Wildman–Crippen MR) is 171 cm³/mol. The molecule has 0 aliphatic rings. The Hall–Kier alpha value is -0.880. The molecule has 0 fully saturated rings. The van der Waals surface area contributed by atoms with E-state index in [0.29, 0.717) is 0 Å². The number of carboxylic acid groups (broad SMARTS) is 3. The third-order valence-electron chi connectivity index (χ3n) is 4.37. The van der Waals surface area contributed by atoms with Crippen LogP contribution in [0.15, 0.2) is 0 Å². The van der Waals surface area contributed by atoms with Gasteiger partial charge < -0.3 is 26.0 Å². The van der Waals surface area contributed by atoms with Gasteiger partial charge in [-0.3, -0.25) is 19.2 Å². The lowest BCUT2D eigenvalue weighted by Crippen LogP contribution is -2.48. The van der Waals surface area contributed by atoms with E-state index in [-0.39, 0.29) is 29.5 Å². The van der Waals surface area contributed by atoms with Crippen LogP contribution in [0, 0.1) is 5.92 Å². The molecule has 0 bridgehead atoms. The van der Waals surface area contributed by atoms with Gasteiger partial charge >= 0.3 is 17.9 Å². The maximum atomic E-state index is 11.4. The number of rotatable bonds is 13. The van der Waals surface area contributed by atoms with Gasteiger partial charge in [0.2, 0.25) is 11.8 Å². The summed E-state index contributed by atoms with van der Waals surface area (Å²) in [6, 6.07) is -1.91. The molecule has 0 aliphatic heterocycles. The molecular formula is C22H40N2O9S6. The van der Waals surface area contributed by atoms with E-state index in [2.05, 4.69) is 86.4 Å². The first-order chi connectivity index (χ1) is 17.4. The molecule has 5 N–H and O–H groups in total. The van der Waals surface area contributed by atoms with Crippen molar-refractivity contribution in [1.82, 2.24) is 10.6 Å². The molecular weight excluding hydrogens is 629 g/mol. The minimum atomic E-state index is -1.10. The first-order valence-corrected chi connectivity index (χ1v) is 14.4. The minimum Gasteiger partial charge on any atom is -0.481 e. The molecule has 0 saturated carbocycles. The van der Waals surface area contributed by atoms with E-state index < -0.39 is 62.0 Å². The van der Waals surface area contributed by atoms with Crippen LogP contribution in [-0.2, 0) is 28.8 Å². The quantitative estimate of drug-likeness (QED) is 0.130. The zero-order valence-corrected chi connectivity index (χ0v) is 27.9. The molecule has 0 aliphatic carbocycles. The fraction of sp³-hybridized carbons (Fsp3) is 0.727. The molecule has 17 heteroatoms. The molecule has 0 aromatic rings. The van der Waals surface area contributed by atoms with Crippen LogP contribution in [0.2, 0.25) is 0 Å². The molecule has 39 heavy (non-hydrogen) atoms. The number of ketones is 1. The highest BCUT2D eigenvalue weighted by atomic mass is 32.1. The summed E-state index contributed by atoms with van der Waals surface area (Å²) < 4.78 is -2.52. The van der Waals surface area contributed by atoms with Gasteiger partial charge in [-0.05, 0) is 41.5 Å². The van der Waals surface area contributed by atoms with Crippen LogP contribution in [0.5, 0.6) is 0 Å². The average Bonchev–Trinajstić information content (AvgIpc) is 2.76. The Morgan fingerprint density at radius 1 is 0.590 bits per heavy atom. The zero-order valence-electron chi connectivity index (χ0n) is 22.5. The second-order valence-corrected chi connectivity index (χ2v) is 14.1. The van der Waals surface area contributed by atoms with Crippen LogP contribution < -0.4 is 10.6 Å². The SMILES string of the molecule is CC(C)(S)C(=O)CC(CS)C(=O)O.CC(C)(S)C(=O)N[C@@H](CS)C(=O)O.CC(C)(S)C(=O)N[C@H](CS)C(=O)O. The Labute approximate surface area is 262 Å². The summed E-state index contributed by atoms with van der Waals surface area (Å²) in [5.41, 5.74) is 0.